The van der Waals surface area contributed by atoms with Crippen LogP contribution in [0.1, 0.15) is 30.9 Å². The van der Waals surface area contributed by atoms with Crippen molar-refractivity contribution in [3.05, 3.63) is 44.6 Å². The average Bonchev–Trinajstić information content (AvgIpc) is 2.90. The molecule has 0 amide bonds. The summed E-state index contributed by atoms with van der Waals surface area (Å²) in [7, 11) is 0. The van der Waals surface area contributed by atoms with Crippen LogP contribution in [0, 0.1) is 20.4 Å². The highest BCUT2D eigenvalue weighted by molar-refractivity contribution is 8.24. The monoisotopic (exact) mass is 319 g/mol. The summed E-state index contributed by atoms with van der Waals surface area (Å²) >= 11 is 3.01. The number of ether oxygens (including phenoxy) is 1. The van der Waals surface area contributed by atoms with E-state index >= 15 is 0 Å². The van der Waals surface area contributed by atoms with Crippen molar-refractivity contribution in [2.75, 3.05) is 6.61 Å². The molecule has 0 radical (unpaired) electrons. The first-order valence-electron chi connectivity index (χ1n) is 6.83. The van der Waals surface area contributed by atoms with Gasteiger partial charge in [-0.15, -0.1) is 0 Å². The van der Waals surface area contributed by atoms with Gasteiger partial charge in [0, 0.05) is 9.79 Å². The fourth-order valence-corrected chi connectivity index (χ4v) is 4.57. The summed E-state index contributed by atoms with van der Waals surface area (Å²) in [5, 5.41) is 0. The van der Waals surface area contributed by atoms with Crippen LogP contribution in [-0.2, 0) is 9.53 Å². The van der Waals surface area contributed by atoms with Gasteiger partial charge >= 0.3 is 5.97 Å². The maximum absolute atomic E-state index is 12.0. The lowest BCUT2D eigenvalue weighted by Crippen LogP contribution is -2.07. The van der Waals surface area contributed by atoms with Gasteiger partial charge < -0.3 is 4.74 Å². The average molecular weight is 319 g/mol. The molecule has 0 unspecified atom stereocenters. The van der Waals surface area contributed by atoms with E-state index in [0.717, 1.165) is 26.9 Å². The number of hydrogen-bond donors (Lipinski definition) is 0. The lowest BCUT2D eigenvalue weighted by molar-refractivity contribution is -0.138. The lowest BCUT2D eigenvalue weighted by atomic mass is 10.2. The first-order chi connectivity index (χ1) is 10.1. The van der Waals surface area contributed by atoms with Crippen LogP contribution in [0.4, 0.5) is 0 Å². The van der Waals surface area contributed by atoms with Crippen LogP contribution in [-0.4, -0.2) is 12.6 Å². The minimum Gasteiger partial charge on any atom is -0.471 e. The maximum Gasteiger partial charge on any atom is 0.338 e. The Morgan fingerprint density at radius 3 is 2.29 bits per heavy atom. The fourth-order valence-electron chi connectivity index (χ4n) is 1.87. The lowest BCUT2D eigenvalue weighted by Gasteiger charge is -2.04. The molecule has 0 atom stereocenters. The molecule has 1 heterocycles. The van der Waals surface area contributed by atoms with E-state index in [-0.39, 0.29) is 5.70 Å². The smallest absolute Gasteiger partial charge is 0.338 e. The van der Waals surface area contributed by atoms with E-state index in [1.807, 2.05) is 20.8 Å². The molecular weight excluding hydrogens is 302 g/mol. The molecule has 0 aromatic heterocycles. The van der Waals surface area contributed by atoms with Gasteiger partial charge in [-0.3, -0.25) is 4.79 Å². The van der Waals surface area contributed by atoms with Crippen LogP contribution in [0.15, 0.2) is 31.9 Å². The second kappa shape index (κ2) is 7.06. The molecule has 1 aliphatic rings. The van der Waals surface area contributed by atoms with Crippen molar-refractivity contribution in [1.29, 1.82) is 0 Å². The number of nitrogens with zero attached hydrogens (tertiary/aromatic N) is 1. The predicted octanol–water partition coefficient (Wildman–Crippen LogP) is 4.93. The second-order valence-electron chi connectivity index (χ2n) is 4.80. The first-order valence-corrected chi connectivity index (χ1v) is 8.46. The molecule has 3 nitrogen and oxygen atoms in total. The molecular formula is C16H17NO2S2. The highest BCUT2D eigenvalue weighted by Gasteiger charge is 2.27. The Bertz CT molecular complexity index is 611. The number of thioether (sulfide) groups is 2. The number of benzene rings is 1. The summed E-state index contributed by atoms with van der Waals surface area (Å²) in [5.74, 6) is -0.503. The van der Waals surface area contributed by atoms with Crippen LogP contribution in [0.5, 0.6) is 0 Å². The molecule has 1 aromatic carbocycles. The molecule has 0 fully saturated rings. The number of aryl methyl sites for hydroxylation is 2. The van der Waals surface area contributed by atoms with Crippen LogP contribution in [0.2, 0.25) is 0 Å². The minimum absolute atomic E-state index is 0.108. The zero-order valence-electron chi connectivity index (χ0n) is 12.4. The molecule has 0 bridgehead atoms. The Morgan fingerprint density at radius 1 is 1.24 bits per heavy atom. The number of carbonyl (C=O) groups excluding carboxylic acids is 1. The molecule has 0 spiro atoms. The van der Waals surface area contributed by atoms with Crippen molar-refractivity contribution in [1.82, 2.24) is 0 Å². The van der Waals surface area contributed by atoms with Crippen molar-refractivity contribution >= 4 is 29.5 Å². The van der Waals surface area contributed by atoms with Gasteiger partial charge in [-0.1, -0.05) is 49.0 Å². The maximum atomic E-state index is 12.0. The van der Waals surface area contributed by atoms with Gasteiger partial charge in [-0.25, -0.2) is 4.85 Å². The van der Waals surface area contributed by atoms with E-state index in [0.29, 0.717) is 6.61 Å². The van der Waals surface area contributed by atoms with Crippen molar-refractivity contribution in [3.63, 3.8) is 0 Å². The molecule has 0 N–H and O–H groups in total. The number of carbonyl (C=O) groups is 1. The van der Waals surface area contributed by atoms with Crippen LogP contribution < -0.4 is 0 Å². The molecule has 5 heteroatoms. The summed E-state index contributed by atoms with van der Waals surface area (Å²) in [4.78, 5) is 17.7. The molecule has 0 aliphatic carbocycles. The molecule has 1 aromatic rings. The van der Waals surface area contributed by atoms with Crippen molar-refractivity contribution in [3.8, 4) is 0 Å². The summed E-state index contributed by atoms with van der Waals surface area (Å²) < 4.78 is 5.91. The highest BCUT2D eigenvalue weighted by Crippen LogP contribution is 2.54. The summed E-state index contributed by atoms with van der Waals surface area (Å²) in [6, 6.07) is 4.14. The quantitative estimate of drug-likeness (QED) is 0.341. The van der Waals surface area contributed by atoms with Gasteiger partial charge in [0.1, 0.15) is 0 Å². The molecule has 1 aliphatic heterocycles. The van der Waals surface area contributed by atoms with Crippen molar-refractivity contribution in [2.45, 2.75) is 43.4 Å². The van der Waals surface area contributed by atoms with Gasteiger partial charge in [0.25, 0.3) is 5.70 Å². The molecule has 110 valence electrons. The summed E-state index contributed by atoms with van der Waals surface area (Å²) in [6.45, 7) is 13.8. The van der Waals surface area contributed by atoms with E-state index in [1.165, 1.54) is 34.7 Å². The van der Waals surface area contributed by atoms with Gasteiger partial charge in [0.05, 0.1) is 17.4 Å². The van der Waals surface area contributed by atoms with E-state index in [4.69, 9.17) is 11.3 Å². The normalized spacial score (nSPS) is 12.8. The predicted molar refractivity (Wildman–Crippen MR) is 87.1 cm³/mol. The largest absolute Gasteiger partial charge is 0.471 e. The highest BCUT2D eigenvalue weighted by atomic mass is 32.2. The second-order valence-corrected chi connectivity index (χ2v) is 7.10. The Balaban J connectivity index is 2.25. The van der Waals surface area contributed by atoms with E-state index in [9.17, 15) is 4.79 Å². The minimum atomic E-state index is -0.503. The number of esters is 1. The third-order valence-electron chi connectivity index (χ3n) is 3.12. The molecule has 0 saturated heterocycles. The number of fused-ring (bicyclic) bond motifs is 1. The molecule has 2 rings (SSSR count). The Hall–Kier alpha value is -1.38. The number of unbranched alkanes of at least 4 members (excludes halogenated alkanes) is 1. The van der Waals surface area contributed by atoms with Gasteiger partial charge in [0.15, 0.2) is 0 Å². The van der Waals surface area contributed by atoms with Crippen LogP contribution >= 0.6 is 23.5 Å². The van der Waals surface area contributed by atoms with Gasteiger partial charge in [-0.05, 0) is 31.4 Å². The SMILES string of the molecule is [C-]#[N+]C(C(=O)OCCCC)=C1Sc2c(C)ccc(C)c2S1. The molecule has 21 heavy (non-hydrogen) atoms. The number of rotatable bonds is 4. The third kappa shape index (κ3) is 3.45. The van der Waals surface area contributed by atoms with E-state index in [2.05, 4.69) is 17.0 Å². The Morgan fingerprint density at radius 2 is 1.81 bits per heavy atom. The summed E-state index contributed by atoms with van der Waals surface area (Å²) in [6.07, 6.45) is 1.79. The van der Waals surface area contributed by atoms with Crippen molar-refractivity contribution < 1.29 is 9.53 Å². The van der Waals surface area contributed by atoms with Gasteiger partial charge in [-0.2, -0.15) is 0 Å². The van der Waals surface area contributed by atoms with Gasteiger partial charge in [0.2, 0.25) is 0 Å². The van der Waals surface area contributed by atoms with E-state index < -0.39 is 5.97 Å². The first kappa shape index (κ1) is 16.0. The zero-order valence-corrected chi connectivity index (χ0v) is 14.0. The third-order valence-corrected chi connectivity index (χ3v) is 5.97. The van der Waals surface area contributed by atoms with E-state index in [1.54, 1.807) is 0 Å². The van der Waals surface area contributed by atoms with Crippen LogP contribution in [0.3, 0.4) is 0 Å². The Labute approximate surface area is 134 Å². The fraction of sp³-hybridized carbons (Fsp3) is 0.375. The summed E-state index contributed by atoms with van der Waals surface area (Å²) in [5.41, 5.74) is 2.45. The topological polar surface area (TPSA) is 30.7 Å². The molecule has 0 saturated carbocycles. The Kier molecular flexibility index (Phi) is 5.38. The number of hydrogen-bond acceptors (Lipinski definition) is 4. The van der Waals surface area contributed by atoms with Crippen LogP contribution in [0.25, 0.3) is 4.85 Å². The van der Waals surface area contributed by atoms with Crippen molar-refractivity contribution in [2.24, 2.45) is 0 Å². The zero-order chi connectivity index (χ0) is 15.4. The standard InChI is InChI=1S/C16H17NO2S2/c1-5-6-9-19-15(18)12(17-4)16-20-13-10(2)7-8-11(3)14(13)21-16/h7-8H,5-6,9H2,1-3H3.